The second kappa shape index (κ2) is 3.63. The molecule has 0 amide bonds. The molecule has 0 N–H and O–H groups in total. The standard InChI is InChI=1S/C9H7N3OS/c1-6-2-7(3-13)12-9(11-6)8-4-14-5-10-8/h2-5H,1H3. The molecule has 2 aromatic heterocycles. The molecule has 5 heteroatoms. The monoisotopic (exact) mass is 205 g/mol. The minimum Gasteiger partial charge on any atom is -0.296 e. The number of hydrogen-bond acceptors (Lipinski definition) is 5. The first kappa shape index (κ1) is 8.96. The molecule has 4 nitrogen and oxygen atoms in total. The molecule has 2 rings (SSSR count). The number of aromatic nitrogens is 3. The van der Waals surface area contributed by atoms with Crippen molar-refractivity contribution in [3.8, 4) is 11.5 Å². The summed E-state index contributed by atoms with van der Waals surface area (Å²) >= 11 is 1.47. The highest BCUT2D eigenvalue weighted by Crippen LogP contribution is 2.14. The molecule has 0 aliphatic heterocycles. The molecule has 0 aliphatic rings. The highest BCUT2D eigenvalue weighted by molar-refractivity contribution is 7.07. The maximum atomic E-state index is 10.6. The first-order chi connectivity index (χ1) is 6.79. The van der Waals surface area contributed by atoms with Crippen LogP contribution in [0.3, 0.4) is 0 Å². The Balaban J connectivity index is 2.54. The molecule has 0 aromatic carbocycles. The van der Waals surface area contributed by atoms with Gasteiger partial charge < -0.3 is 0 Å². The highest BCUT2D eigenvalue weighted by atomic mass is 32.1. The molecule has 0 bridgehead atoms. The summed E-state index contributed by atoms with van der Waals surface area (Å²) in [5.41, 5.74) is 3.58. The second-order valence-corrected chi connectivity index (χ2v) is 3.47. The lowest BCUT2D eigenvalue weighted by atomic mass is 10.3. The van der Waals surface area contributed by atoms with E-state index in [1.165, 1.54) is 11.3 Å². The van der Waals surface area contributed by atoms with Crippen LogP contribution in [0.5, 0.6) is 0 Å². The normalized spacial score (nSPS) is 10.1. The van der Waals surface area contributed by atoms with E-state index in [2.05, 4.69) is 15.0 Å². The molecular weight excluding hydrogens is 198 g/mol. The first-order valence-electron chi connectivity index (χ1n) is 3.99. The summed E-state index contributed by atoms with van der Waals surface area (Å²) in [5, 5.41) is 1.85. The Hall–Kier alpha value is -1.62. The Labute approximate surface area is 84.7 Å². The largest absolute Gasteiger partial charge is 0.296 e. The number of carbonyl (C=O) groups is 1. The van der Waals surface area contributed by atoms with E-state index < -0.39 is 0 Å². The van der Waals surface area contributed by atoms with E-state index in [9.17, 15) is 4.79 Å². The highest BCUT2D eigenvalue weighted by Gasteiger charge is 2.05. The fraction of sp³-hybridized carbons (Fsp3) is 0.111. The molecule has 70 valence electrons. The smallest absolute Gasteiger partial charge is 0.179 e. The lowest BCUT2D eigenvalue weighted by Gasteiger charge is -1.98. The van der Waals surface area contributed by atoms with Gasteiger partial charge in [-0.1, -0.05) is 0 Å². The van der Waals surface area contributed by atoms with Crippen molar-refractivity contribution in [1.82, 2.24) is 15.0 Å². The van der Waals surface area contributed by atoms with Gasteiger partial charge in [0, 0.05) is 11.1 Å². The summed E-state index contributed by atoms with van der Waals surface area (Å²) in [6.45, 7) is 1.82. The second-order valence-electron chi connectivity index (χ2n) is 2.75. The molecule has 2 heterocycles. The van der Waals surface area contributed by atoms with Crippen molar-refractivity contribution in [3.63, 3.8) is 0 Å². The Morgan fingerprint density at radius 3 is 2.93 bits per heavy atom. The fourth-order valence-corrected chi connectivity index (χ4v) is 1.62. The number of thiazole rings is 1. The topological polar surface area (TPSA) is 55.7 Å². The van der Waals surface area contributed by atoms with Crippen LogP contribution in [0.1, 0.15) is 16.2 Å². The summed E-state index contributed by atoms with van der Waals surface area (Å²) < 4.78 is 0. The molecule has 0 saturated carbocycles. The zero-order chi connectivity index (χ0) is 9.97. The van der Waals surface area contributed by atoms with Crippen LogP contribution < -0.4 is 0 Å². The van der Waals surface area contributed by atoms with Crippen molar-refractivity contribution in [1.29, 1.82) is 0 Å². The molecule has 0 atom stereocenters. The van der Waals surface area contributed by atoms with Crippen LogP contribution in [0.25, 0.3) is 11.5 Å². The third-order valence-electron chi connectivity index (χ3n) is 1.66. The van der Waals surface area contributed by atoms with E-state index in [1.807, 2.05) is 12.3 Å². The van der Waals surface area contributed by atoms with Crippen LogP contribution in [0, 0.1) is 6.92 Å². The van der Waals surface area contributed by atoms with E-state index >= 15 is 0 Å². The van der Waals surface area contributed by atoms with Crippen molar-refractivity contribution in [2.24, 2.45) is 0 Å². The molecule has 0 saturated heterocycles. The van der Waals surface area contributed by atoms with Gasteiger partial charge in [-0.25, -0.2) is 15.0 Å². The average molecular weight is 205 g/mol. The van der Waals surface area contributed by atoms with Gasteiger partial charge in [-0.15, -0.1) is 11.3 Å². The van der Waals surface area contributed by atoms with Gasteiger partial charge in [0.25, 0.3) is 0 Å². The van der Waals surface area contributed by atoms with Gasteiger partial charge in [0.05, 0.1) is 5.51 Å². The van der Waals surface area contributed by atoms with Crippen LogP contribution in [0.2, 0.25) is 0 Å². The van der Waals surface area contributed by atoms with Crippen LogP contribution in [-0.2, 0) is 0 Å². The molecule has 2 aromatic rings. The summed E-state index contributed by atoms with van der Waals surface area (Å²) in [5.74, 6) is 0.508. The number of carbonyl (C=O) groups excluding carboxylic acids is 1. The Bertz CT molecular complexity index is 453. The van der Waals surface area contributed by atoms with E-state index in [0.29, 0.717) is 23.5 Å². The van der Waals surface area contributed by atoms with Gasteiger partial charge in [-0.2, -0.15) is 0 Å². The maximum absolute atomic E-state index is 10.6. The van der Waals surface area contributed by atoms with Gasteiger partial charge in [-0.3, -0.25) is 4.79 Å². The van der Waals surface area contributed by atoms with Crippen LogP contribution in [0.4, 0.5) is 0 Å². The van der Waals surface area contributed by atoms with Crippen molar-refractivity contribution >= 4 is 17.6 Å². The van der Waals surface area contributed by atoms with Crippen molar-refractivity contribution in [2.45, 2.75) is 6.92 Å². The van der Waals surface area contributed by atoms with E-state index in [4.69, 9.17) is 0 Å². The van der Waals surface area contributed by atoms with E-state index in [0.717, 1.165) is 5.69 Å². The number of aldehydes is 1. The van der Waals surface area contributed by atoms with Gasteiger partial charge in [0.15, 0.2) is 12.1 Å². The van der Waals surface area contributed by atoms with Crippen LogP contribution in [-0.4, -0.2) is 21.2 Å². The number of hydrogen-bond donors (Lipinski definition) is 0. The SMILES string of the molecule is Cc1cc(C=O)nc(-c2cscn2)n1. The summed E-state index contributed by atoms with van der Waals surface area (Å²) in [6, 6.07) is 1.64. The van der Waals surface area contributed by atoms with Gasteiger partial charge in [-0.05, 0) is 13.0 Å². The fourth-order valence-electron chi connectivity index (χ4n) is 1.09. The minimum atomic E-state index is 0.389. The quantitative estimate of drug-likeness (QED) is 0.700. The molecule has 0 unspecified atom stereocenters. The Kier molecular flexibility index (Phi) is 2.32. The lowest BCUT2D eigenvalue weighted by Crippen LogP contribution is -1.96. The van der Waals surface area contributed by atoms with Gasteiger partial charge >= 0.3 is 0 Å². The summed E-state index contributed by atoms with van der Waals surface area (Å²) in [4.78, 5) is 22.9. The summed E-state index contributed by atoms with van der Waals surface area (Å²) in [7, 11) is 0. The third kappa shape index (κ3) is 1.67. The molecule has 0 fully saturated rings. The first-order valence-corrected chi connectivity index (χ1v) is 4.93. The molecule has 0 radical (unpaired) electrons. The minimum absolute atomic E-state index is 0.389. The van der Waals surface area contributed by atoms with E-state index in [1.54, 1.807) is 11.6 Å². The molecule has 14 heavy (non-hydrogen) atoms. The maximum Gasteiger partial charge on any atom is 0.179 e. The lowest BCUT2D eigenvalue weighted by molar-refractivity contribution is 0.111. The average Bonchev–Trinajstić information content (AvgIpc) is 2.69. The predicted octanol–water partition coefficient (Wildman–Crippen LogP) is 1.72. The van der Waals surface area contributed by atoms with Crippen LogP contribution >= 0.6 is 11.3 Å². The van der Waals surface area contributed by atoms with E-state index in [-0.39, 0.29) is 0 Å². The zero-order valence-electron chi connectivity index (χ0n) is 7.47. The molecular formula is C9H7N3OS. The Morgan fingerprint density at radius 1 is 1.43 bits per heavy atom. The third-order valence-corrected chi connectivity index (χ3v) is 2.24. The number of aryl methyl sites for hydroxylation is 1. The Morgan fingerprint density at radius 2 is 2.29 bits per heavy atom. The number of rotatable bonds is 2. The number of nitrogens with zero attached hydrogens (tertiary/aromatic N) is 3. The van der Waals surface area contributed by atoms with Gasteiger partial charge in [0.2, 0.25) is 0 Å². The van der Waals surface area contributed by atoms with Crippen LogP contribution in [0.15, 0.2) is 17.0 Å². The zero-order valence-corrected chi connectivity index (χ0v) is 8.28. The molecule has 0 aliphatic carbocycles. The van der Waals surface area contributed by atoms with Gasteiger partial charge in [0.1, 0.15) is 11.4 Å². The summed E-state index contributed by atoms with van der Waals surface area (Å²) in [6.07, 6.45) is 0.713. The molecule has 0 spiro atoms. The van der Waals surface area contributed by atoms with Crippen molar-refractivity contribution < 1.29 is 4.79 Å². The predicted molar refractivity (Wildman–Crippen MR) is 53.3 cm³/mol. The van der Waals surface area contributed by atoms with Crippen molar-refractivity contribution in [3.05, 3.63) is 28.3 Å². The van der Waals surface area contributed by atoms with Crippen molar-refractivity contribution in [2.75, 3.05) is 0 Å².